The van der Waals surface area contributed by atoms with Crippen molar-refractivity contribution in [2.75, 3.05) is 14.2 Å². The standard InChI is InChI=1S/C18H17NO4/c1-20-14-8-15(21-2)10-16(9-14)22-12-18-19-11-17(23-18)13-6-4-3-5-7-13/h3-11H,12H2,1-2H3. The highest BCUT2D eigenvalue weighted by Gasteiger charge is 2.08. The van der Waals surface area contributed by atoms with Crippen LogP contribution >= 0.6 is 0 Å². The minimum absolute atomic E-state index is 0.225. The SMILES string of the molecule is COc1cc(OC)cc(OCc2ncc(-c3ccccc3)o2)c1. The molecule has 0 bridgehead atoms. The maximum absolute atomic E-state index is 5.71. The Morgan fingerprint density at radius 3 is 2.22 bits per heavy atom. The van der Waals surface area contributed by atoms with Crippen LogP contribution in [0.3, 0.4) is 0 Å². The number of benzene rings is 2. The van der Waals surface area contributed by atoms with Crippen LogP contribution in [0.5, 0.6) is 17.2 Å². The first kappa shape index (κ1) is 15.0. The molecule has 0 aliphatic carbocycles. The van der Waals surface area contributed by atoms with Crippen LogP contribution in [0.2, 0.25) is 0 Å². The van der Waals surface area contributed by atoms with Gasteiger partial charge in [-0.1, -0.05) is 30.3 Å². The van der Waals surface area contributed by atoms with E-state index in [1.54, 1.807) is 38.6 Å². The molecule has 0 atom stereocenters. The zero-order valence-electron chi connectivity index (χ0n) is 13.0. The van der Waals surface area contributed by atoms with Crippen molar-refractivity contribution in [1.29, 1.82) is 0 Å². The smallest absolute Gasteiger partial charge is 0.232 e. The summed E-state index contributed by atoms with van der Waals surface area (Å²) in [6.45, 7) is 0.225. The van der Waals surface area contributed by atoms with Gasteiger partial charge in [0.2, 0.25) is 5.89 Å². The highest BCUT2D eigenvalue weighted by atomic mass is 16.5. The number of ether oxygens (including phenoxy) is 3. The van der Waals surface area contributed by atoms with Crippen LogP contribution in [0, 0.1) is 0 Å². The molecule has 1 heterocycles. The minimum atomic E-state index is 0.225. The maximum Gasteiger partial charge on any atom is 0.232 e. The highest BCUT2D eigenvalue weighted by molar-refractivity contribution is 5.55. The Morgan fingerprint density at radius 2 is 1.57 bits per heavy atom. The molecule has 0 saturated carbocycles. The van der Waals surface area contributed by atoms with E-state index in [1.165, 1.54) is 0 Å². The van der Waals surface area contributed by atoms with Crippen molar-refractivity contribution in [2.45, 2.75) is 6.61 Å². The molecule has 2 aromatic carbocycles. The van der Waals surface area contributed by atoms with Crippen LogP contribution in [0.4, 0.5) is 0 Å². The van der Waals surface area contributed by atoms with Crippen molar-refractivity contribution in [3.05, 3.63) is 60.6 Å². The van der Waals surface area contributed by atoms with Gasteiger partial charge in [0.15, 0.2) is 12.4 Å². The minimum Gasteiger partial charge on any atom is -0.496 e. The number of aromatic nitrogens is 1. The van der Waals surface area contributed by atoms with Gasteiger partial charge >= 0.3 is 0 Å². The molecular formula is C18H17NO4. The van der Waals surface area contributed by atoms with E-state index in [9.17, 15) is 0 Å². The van der Waals surface area contributed by atoms with E-state index < -0.39 is 0 Å². The molecule has 23 heavy (non-hydrogen) atoms. The van der Waals surface area contributed by atoms with E-state index in [2.05, 4.69) is 4.98 Å². The third-order valence-electron chi connectivity index (χ3n) is 3.30. The fourth-order valence-corrected chi connectivity index (χ4v) is 2.12. The first-order valence-electron chi connectivity index (χ1n) is 7.14. The van der Waals surface area contributed by atoms with Gasteiger partial charge in [-0.3, -0.25) is 0 Å². The van der Waals surface area contributed by atoms with E-state index in [1.807, 2.05) is 30.3 Å². The Kier molecular flexibility index (Phi) is 4.47. The number of hydrogen-bond acceptors (Lipinski definition) is 5. The Labute approximate surface area is 134 Å². The molecule has 0 radical (unpaired) electrons. The van der Waals surface area contributed by atoms with Gasteiger partial charge in [0.25, 0.3) is 0 Å². The van der Waals surface area contributed by atoms with Crippen molar-refractivity contribution in [3.63, 3.8) is 0 Å². The highest BCUT2D eigenvalue weighted by Crippen LogP contribution is 2.28. The Morgan fingerprint density at radius 1 is 0.913 bits per heavy atom. The lowest BCUT2D eigenvalue weighted by Crippen LogP contribution is -1.96. The topological polar surface area (TPSA) is 53.7 Å². The fourth-order valence-electron chi connectivity index (χ4n) is 2.12. The van der Waals surface area contributed by atoms with Crippen LogP contribution in [0.1, 0.15) is 5.89 Å². The van der Waals surface area contributed by atoms with Crippen molar-refractivity contribution in [2.24, 2.45) is 0 Å². The lowest BCUT2D eigenvalue weighted by Gasteiger charge is -2.09. The predicted molar refractivity (Wildman–Crippen MR) is 85.8 cm³/mol. The summed E-state index contributed by atoms with van der Waals surface area (Å²) < 4.78 is 21.8. The van der Waals surface area contributed by atoms with Crippen molar-refractivity contribution in [3.8, 4) is 28.6 Å². The summed E-state index contributed by atoms with van der Waals surface area (Å²) in [5, 5.41) is 0. The second-order valence-electron chi connectivity index (χ2n) is 4.82. The van der Waals surface area contributed by atoms with Gasteiger partial charge in [0, 0.05) is 23.8 Å². The first-order chi connectivity index (χ1) is 11.3. The summed E-state index contributed by atoms with van der Waals surface area (Å²) in [5.74, 6) is 3.17. The van der Waals surface area contributed by atoms with Crippen molar-refractivity contribution in [1.82, 2.24) is 4.98 Å². The normalized spacial score (nSPS) is 10.3. The fraction of sp³-hybridized carbons (Fsp3) is 0.167. The second kappa shape index (κ2) is 6.87. The molecule has 0 aliphatic rings. The van der Waals surface area contributed by atoms with Gasteiger partial charge in [-0.2, -0.15) is 0 Å². The van der Waals surface area contributed by atoms with Crippen molar-refractivity contribution >= 4 is 0 Å². The summed E-state index contributed by atoms with van der Waals surface area (Å²) in [5.41, 5.74) is 0.981. The molecule has 0 fully saturated rings. The Bertz CT molecular complexity index is 745. The maximum atomic E-state index is 5.71. The molecule has 0 aliphatic heterocycles. The predicted octanol–water partition coefficient (Wildman–Crippen LogP) is 3.94. The Hall–Kier alpha value is -2.95. The van der Waals surface area contributed by atoms with Gasteiger partial charge in [0.05, 0.1) is 20.4 Å². The third-order valence-corrected chi connectivity index (χ3v) is 3.30. The zero-order chi connectivity index (χ0) is 16.1. The molecule has 3 rings (SSSR count). The third kappa shape index (κ3) is 3.63. The first-order valence-corrected chi connectivity index (χ1v) is 7.14. The van der Waals surface area contributed by atoms with E-state index in [4.69, 9.17) is 18.6 Å². The van der Waals surface area contributed by atoms with Crippen LogP contribution in [0.25, 0.3) is 11.3 Å². The largest absolute Gasteiger partial charge is 0.496 e. The van der Waals surface area contributed by atoms with Crippen LogP contribution in [-0.4, -0.2) is 19.2 Å². The van der Waals surface area contributed by atoms with Crippen LogP contribution in [-0.2, 0) is 6.61 Å². The zero-order valence-corrected chi connectivity index (χ0v) is 13.0. The molecule has 0 unspecified atom stereocenters. The van der Waals surface area contributed by atoms with Crippen molar-refractivity contribution < 1.29 is 18.6 Å². The average Bonchev–Trinajstić information content (AvgIpc) is 3.09. The number of methoxy groups -OCH3 is 2. The number of nitrogens with zero attached hydrogens (tertiary/aromatic N) is 1. The van der Waals surface area contributed by atoms with Crippen LogP contribution < -0.4 is 14.2 Å². The number of rotatable bonds is 6. The molecule has 0 amide bonds. The molecule has 118 valence electrons. The molecule has 0 N–H and O–H groups in total. The number of hydrogen-bond donors (Lipinski definition) is 0. The summed E-state index contributed by atoms with van der Waals surface area (Å²) in [4.78, 5) is 4.24. The lowest BCUT2D eigenvalue weighted by molar-refractivity contribution is 0.261. The van der Waals surface area contributed by atoms with Gasteiger partial charge in [-0.15, -0.1) is 0 Å². The van der Waals surface area contributed by atoms with Gasteiger partial charge in [0.1, 0.15) is 17.2 Å². The van der Waals surface area contributed by atoms with Gasteiger partial charge < -0.3 is 18.6 Å². The number of oxazole rings is 1. The lowest BCUT2D eigenvalue weighted by atomic mass is 10.2. The summed E-state index contributed by atoms with van der Waals surface area (Å²) in [6.07, 6.45) is 1.69. The summed E-state index contributed by atoms with van der Waals surface area (Å²) >= 11 is 0. The molecule has 0 saturated heterocycles. The van der Waals surface area contributed by atoms with E-state index in [0.717, 1.165) is 5.56 Å². The summed E-state index contributed by atoms with van der Waals surface area (Å²) in [6, 6.07) is 15.2. The monoisotopic (exact) mass is 311 g/mol. The van der Waals surface area contributed by atoms with Gasteiger partial charge in [-0.05, 0) is 0 Å². The van der Waals surface area contributed by atoms with Gasteiger partial charge in [-0.25, -0.2) is 4.98 Å². The molecule has 5 nitrogen and oxygen atoms in total. The Balaban J connectivity index is 1.70. The second-order valence-corrected chi connectivity index (χ2v) is 4.82. The quantitative estimate of drug-likeness (QED) is 0.690. The molecular weight excluding hydrogens is 294 g/mol. The average molecular weight is 311 g/mol. The van der Waals surface area contributed by atoms with E-state index >= 15 is 0 Å². The van der Waals surface area contributed by atoms with Crippen LogP contribution in [0.15, 0.2) is 59.1 Å². The molecule has 5 heteroatoms. The molecule has 1 aromatic heterocycles. The summed E-state index contributed by atoms with van der Waals surface area (Å²) in [7, 11) is 3.19. The molecule has 3 aromatic rings. The molecule has 0 spiro atoms. The van der Waals surface area contributed by atoms with E-state index in [-0.39, 0.29) is 6.61 Å². The van der Waals surface area contributed by atoms with E-state index in [0.29, 0.717) is 28.9 Å².